The number of hydrogen-bond donors (Lipinski definition) is 0. The summed E-state index contributed by atoms with van der Waals surface area (Å²) in [6.45, 7) is 6.60. The Bertz CT molecular complexity index is 719. The Balaban J connectivity index is 2.32. The normalized spacial score (nSPS) is 11.5. The van der Waals surface area contributed by atoms with Crippen molar-refractivity contribution in [2.75, 3.05) is 25.2 Å². The van der Waals surface area contributed by atoms with Gasteiger partial charge in [-0.3, -0.25) is 0 Å². The molecule has 0 saturated carbocycles. The minimum absolute atomic E-state index is 0.0979. The van der Waals surface area contributed by atoms with Crippen molar-refractivity contribution < 1.29 is 22.6 Å². The van der Waals surface area contributed by atoms with E-state index in [2.05, 4.69) is 9.97 Å². The minimum atomic E-state index is -4.57. The molecule has 1 aromatic heterocycles. The van der Waals surface area contributed by atoms with Crippen LogP contribution in [-0.2, 0) is 6.18 Å². The topological polar surface area (TPSA) is 47.5 Å². The molecular formula is C18H22F3N3O2. The zero-order chi connectivity index (χ0) is 19.3. The lowest BCUT2D eigenvalue weighted by Gasteiger charge is -2.22. The molecule has 0 fully saturated rings. The first kappa shape index (κ1) is 19.8. The largest absolute Gasteiger partial charge is 0.493 e. The van der Waals surface area contributed by atoms with Crippen LogP contribution in [0.3, 0.4) is 0 Å². The van der Waals surface area contributed by atoms with Gasteiger partial charge in [-0.1, -0.05) is 13.8 Å². The molecule has 8 heteroatoms. The summed E-state index contributed by atoms with van der Waals surface area (Å²) < 4.78 is 50.7. The summed E-state index contributed by atoms with van der Waals surface area (Å²) in [5.74, 6) is 0.765. The lowest BCUT2D eigenvalue weighted by atomic mass is 10.2. The van der Waals surface area contributed by atoms with Gasteiger partial charge in [-0.15, -0.1) is 0 Å². The lowest BCUT2D eigenvalue weighted by Crippen LogP contribution is -2.19. The number of rotatable bonds is 7. The van der Waals surface area contributed by atoms with Gasteiger partial charge in [-0.05, 0) is 37.1 Å². The molecule has 5 nitrogen and oxygen atoms in total. The molecule has 1 heterocycles. The van der Waals surface area contributed by atoms with Gasteiger partial charge in [0.15, 0.2) is 5.82 Å². The van der Waals surface area contributed by atoms with E-state index < -0.39 is 11.7 Å². The van der Waals surface area contributed by atoms with Crippen LogP contribution in [0, 0.1) is 5.92 Å². The predicted molar refractivity (Wildman–Crippen MR) is 93.0 cm³/mol. The Morgan fingerprint density at radius 2 is 1.77 bits per heavy atom. The quantitative estimate of drug-likeness (QED) is 0.708. The van der Waals surface area contributed by atoms with Gasteiger partial charge in [-0.2, -0.15) is 18.2 Å². The van der Waals surface area contributed by atoms with Gasteiger partial charge >= 0.3 is 12.2 Å². The van der Waals surface area contributed by atoms with E-state index in [0.29, 0.717) is 24.0 Å². The number of nitrogens with zero attached hydrogens (tertiary/aromatic N) is 3. The molecule has 26 heavy (non-hydrogen) atoms. The first-order valence-electron chi connectivity index (χ1n) is 8.26. The van der Waals surface area contributed by atoms with Crippen molar-refractivity contribution >= 4 is 11.5 Å². The Morgan fingerprint density at radius 3 is 2.31 bits per heavy atom. The number of aromatic nitrogens is 2. The number of alkyl halides is 3. The van der Waals surface area contributed by atoms with Gasteiger partial charge < -0.3 is 14.4 Å². The third-order valence-electron chi connectivity index (χ3n) is 3.45. The zero-order valence-corrected chi connectivity index (χ0v) is 15.2. The molecule has 0 amide bonds. The second-order valence-corrected chi connectivity index (χ2v) is 6.08. The number of halogens is 3. The highest BCUT2D eigenvalue weighted by Crippen LogP contribution is 2.37. The van der Waals surface area contributed by atoms with Crippen molar-refractivity contribution in [2.45, 2.75) is 26.9 Å². The molecule has 0 unspecified atom stereocenters. The first-order valence-corrected chi connectivity index (χ1v) is 8.26. The number of anilines is 2. The summed E-state index contributed by atoms with van der Waals surface area (Å²) >= 11 is 0. The number of hydrogen-bond acceptors (Lipinski definition) is 5. The first-order chi connectivity index (χ1) is 12.2. The lowest BCUT2D eigenvalue weighted by molar-refractivity contribution is -0.137. The Kier molecular flexibility index (Phi) is 6.28. The highest BCUT2D eigenvalue weighted by molar-refractivity contribution is 5.63. The number of ether oxygens (including phenoxy) is 2. The monoisotopic (exact) mass is 369 g/mol. The van der Waals surface area contributed by atoms with Gasteiger partial charge in [0.25, 0.3) is 0 Å². The molecule has 2 rings (SSSR count). The molecule has 0 atom stereocenters. The molecule has 0 aliphatic carbocycles. The van der Waals surface area contributed by atoms with Gasteiger partial charge in [-0.25, -0.2) is 4.98 Å². The van der Waals surface area contributed by atoms with Gasteiger partial charge in [0.1, 0.15) is 11.3 Å². The van der Waals surface area contributed by atoms with Crippen molar-refractivity contribution in [3.05, 3.63) is 36.0 Å². The van der Waals surface area contributed by atoms with Crippen LogP contribution in [0.1, 0.15) is 26.3 Å². The summed E-state index contributed by atoms with van der Waals surface area (Å²) in [5.41, 5.74) is -0.392. The van der Waals surface area contributed by atoms with E-state index in [9.17, 15) is 13.2 Å². The highest BCUT2D eigenvalue weighted by atomic mass is 19.4. The molecule has 0 radical (unpaired) electrons. The van der Waals surface area contributed by atoms with Crippen LogP contribution in [0.2, 0.25) is 0 Å². The Morgan fingerprint density at radius 1 is 1.12 bits per heavy atom. The molecule has 0 N–H and O–H groups in total. The highest BCUT2D eigenvalue weighted by Gasteiger charge is 2.36. The van der Waals surface area contributed by atoms with E-state index in [0.717, 1.165) is 6.20 Å². The Labute approximate surface area is 150 Å². The molecule has 2 aromatic rings. The summed E-state index contributed by atoms with van der Waals surface area (Å²) in [6, 6.07) is 6.69. The maximum absolute atomic E-state index is 13.3. The van der Waals surface area contributed by atoms with Crippen LogP contribution in [0.5, 0.6) is 11.8 Å². The molecule has 0 aliphatic heterocycles. The summed E-state index contributed by atoms with van der Waals surface area (Å²) in [7, 11) is 1.51. The van der Waals surface area contributed by atoms with Crippen molar-refractivity contribution in [1.82, 2.24) is 9.97 Å². The fourth-order valence-electron chi connectivity index (χ4n) is 2.16. The summed E-state index contributed by atoms with van der Waals surface area (Å²) in [6.07, 6.45) is -3.83. The standard InChI is InChI=1S/C18H22F3N3O2/c1-5-25-17-22-10-15(18(19,20)21)16(23-17)24(4)13-6-8-14(9-7-13)26-11-12(2)3/h6-10,12H,5,11H2,1-4H3. The average molecular weight is 369 g/mol. The molecule has 0 spiro atoms. The summed E-state index contributed by atoms with van der Waals surface area (Å²) in [4.78, 5) is 8.90. The van der Waals surface area contributed by atoms with Crippen LogP contribution in [0.4, 0.5) is 24.7 Å². The van der Waals surface area contributed by atoms with Crippen LogP contribution in [0.25, 0.3) is 0 Å². The maximum Gasteiger partial charge on any atom is 0.421 e. The number of benzene rings is 1. The SMILES string of the molecule is CCOc1ncc(C(F)(F)F)c(N(C)c2ccc(OCC(C)C)cc2)n1. The second-order valence-electron chi connectivity index (χ2n) is 6.08. The van der Waals surface area contributed by atoms with E-state index in [1.54, 1.807) is 31.2 Å². The van der Waals surface area contributed by atoms with Crippen LogP contribution in [0.15, 0.2) is 30.5 Å². The Hall–Kier alpha value is -2.51. The van der Waals surface area contributed by atoms with E-state index in [-0.39, 0.29) is 18.4 Å². The molecule has 0 aliphatic rings. The molecule has 142 valence electrons. The van der Waals surface area contributed by atoms with Gasteiger partial charge in [0.2, 0.25) is 0 Å². The molecule has 0 saturated heterocycles. The van der Waals surface area contributed by atoms with Crippen LogP contribution < -0.4 is 14.4 Å². The van der Waals surface area contributed by atoms with Crippen molar-refractivity contribution in [3.63, 3.8) is 0 Å². The second kappa shape index (κ2) is 8.25. The minimum Gasteiger partial charge on any atom is -0.493 e. The molecule has 0 bridgehead atoms. The average Bonchev–Trinajstić information content (AvgIpc) is 2.59. The van der Waals surface area contributed by atoms with Crippen LogP contribution in [-0.4, -0.2) is 30.2 Å². The third-order valence-corrected chi connectivity index (χ3v) is 3.45. The fraction of sp³-hybridized carbons (Fsp3) is 0.444. The van der Waals surface area contributed by atoms with Crippen molar-refractivity contribution in [1.29, 1.82) is 0 Å². The van der Waals surface area contributed by atoms with Gasteiger partial charge in [0.05, 0.1) is 13.2 Å². The van der Waals surface area contributed by atoms with E-state index in [4.69, 9.17) is 9.47 Å². The van der Waals surface area contributed by atoms with Crippen LogP contribution >= 0.6 is 0 Å². The van der Waals surface area contributed by atoms with Crippen molar-refractivity contribution in [2.24, 2.45) is 5.92 Å². The fourth-order valence-corrected chi connectivity index (χ4v) is 2.16. The summed E-state index contributed by atoms with van der Waals surface area (Å²) in [5, 5.41) is 0. The third kappa shape index (κ3) is 5.00. The predicted octanol–water partition coefficient (Wildman–Crippen LogP) is 4.70. The van der Waals surface area contributed by atoms with Gasteiger partial charge in [0, 0.05) is 18.9 Å². The maximum atomic E-state index is 13.3. The smallest absolute Gasteiger partial charge is 0.421 e. The molecular weight excluding hydrogens is 347 g/mol. The van der Waals surface area contributed by atoms with E-state index in [1.165, 1.54) is 11.9 Å². The van der Waals surface area contributed by atoms with E-state index >= 15 is 0 Å². The molecule has 1 aromatic carbocycles. The van der Waals surface area contributed by atoms with Crippen molar-refractivity contribution in [3.8, 4) is 11.8 Å². The zero-order valence-electron chi connectivity index (χ0n) is 15.2. The van der Waals surface area contributed by atoms with E-state index in [1.807, 2.05) is 13.8 Å².